The average Bonchev–Trinajstić information content (AvgIpc) is 0.722. The second-order valence-corrected chi connectivity index (χ2v) is 1.68. The van der Waals surface area contributed by atoms with Crippen LogP contribution in [0.1, 0.15) is 0 Å². The van der Waals surface area contributed by atoms with Gasteiger partial charge in [-0.15, -0.1) is 0 Å². The van der Waals surface area contributed by atoms with Crippen LogP contribution in [0.5, 0.6) is 0 Å². The van der Waals surface area contributed by atoms with Crippen LogP contribution in [0.25, 0.3) is 0 Å². The van der Waals surface area contributed by atoms with Gasteiger partial charge in [0.15, 0.2) is 0 Å². The van der Waals surface area contributed by atoms with E-state index in [0.29, 0.717) is 0 Å². The van der Waals surface area contributed by atoms with Gasteiger partial charge in [0.2, 0.25) is 0 Å². The molecule has 32 valence electrons. The molecule has 0 aliphatic carbocycles. The third kappa shape index (κ3) is 105. The van der Waals surface area contributed by atoms with Gasteiger partial charge in [-0.2, -0.15) is 0 Å². The van der Waals surface area contributed by atoms with E-state index >= 15 is 0 Å². The Morgan fingerprint density at radius 1 is 1.17 bits per heavy atom. The van der Waals surface area contributed by atoms with Gasteiger partial charge in [-0.05, 0) is 0 Å². The molecule has 6 heavy (non-hydrogen) atoms. The summed E-state index contributed by atoms with van der Waals surface area (Å²) in [6, 6.07) is 0. The van der Waals surface area contributed by atoms with E-state index in [1.807, 2.05) is 0 Å². The molecule has 6 heteroatoms. The SMILES string of the molecule is [Mg+2].[O]=[Cr](=[O])([O-])[O-]. The van der Waals surface area contributed by atoms with E-state index in [1.165, 1.54) is 0 Å². The first-order chi connectivity index (χ1) is 2.00. The zero-order valence-electron chi connectivity index (χ0n) is 2.75. The molecule has 0 aromatic carbocycles. The molecular formula is CrMgO4. The number of hydrogen-bond donors (Lipinski definition) is 0. The van der Waals surface area contributed by atoms with Crippen molar-refractivity contribution < 1.29 is 29.5 Å². The summed E-state index contributed by atoms with van der Waals surface area (Å²) in [5.74, 6) is 0. The van der Waals surface area contributed by atoms with E-state index in [9.17, 15) is 0 Å². The van der Waals surface area contributed by atoms with Gasteiger partial charge in [0.1, 0.15) is 0 Å². The summed E-state index contributed by atoms with van der Waals surface area (Å²) < 4.78 is 34.4. The molecule has 0 spiro atoms. The quantitative estimate of drug-likeness (QED) is 0.336. The van der Waals surface area contributed by atoms with Gasteiger partial charge < -0.3 is 0 Å². The summed E-state index contributed by atoms with van der Waals surface area (Å²) in [6.07, 6.45) is 0. The van der Waals surface area contributed by atoms with Crippen LogP contribution in [0, 0.1) is 0 Å². The fourth-order valence-corrected chi connectivity index (χ4v) is 0. The molecule has 0 aliphatic rings. The average molecular weight is 140 g/mol. The van der Waals surface area contributed by atoms with E-state index < -0.39 is 13.6 Å². The van der Waals surface area contributed by atoms with Gasteiger partial charge in [-0.1, -0.05) is 0 Å². The Balaban J connectivity index is 0. The molecule has 0 fully saturated rings. The Morgan fingerprint density at radius 3 is 1.17 bits per heavy atom. The first-order valence-corrected chi connectivity index (χ1v) is 2.75. The van der Waals surface area contributed by atoms with Gasteiger partial charge in [0.05, 0.1) is 0 Å². The van der Waals surface area contributed by atoms with E-state index in [1.54, 1.807) is 0 Å². The first-order valence-electron chi connectivity index (χ1n) is 0.667. The molecule has 0 saturated carbocycles. The van der Waals surface area contributed by atoms with Gasteiger partial charge in [0, 0.05) is 0 Å². The molecule has 0 amide bonds. The molecule has 0 unspecified atom stereocenters. The van der Waals surface area contributed by atoms with Crippen molar-refractivity contribution in [1.82, 2.24) is 0 Å². The van der Waals surface area contributed by atoms with Crippen molar-refractivity contribution in [1.29, 1.82) is 0 Å². The summed E-state index contributed by atoms with van der Waals surface area (Å²) in [5.41, 5.74) is 0. The fourth-order valence-electron chi connectivity index (χ4n) is 0. The van der Waals surface area contributed by atoms with Crippen molar-refractivity contribution in [2.45, 2.75) is 0 Å². The van der Waals surface area contributed by atoms with E-state index in [-0.39, 0.29) is 23.1 Å². The zero-order chi connectivity index (χ0) is 4.50. The maximum atomic E-state index is 8.59. The van der Waals surface area contributed by atoms with Crippen LogP contribution >= 0.6 is 0 Å². The monoisotopic (exact) mass is 140 g/mol. The van der Waals surface area contributed by atoms with E-state index in [4.69, 9.17) is 15.9 Å². The van der Waals surface area contributed by atoms with Crippen molar-refractivity contribution in [3.05, 3.63) is 0 Å². The third-order valence-corrected chi connectivity index (χ3v) is 0. The molecule has 0 aromatic rings. The maximum absolute atomic E-state index is 8.59. The topological polar surface area (TPSA) is 80.3 Å². The molecule has 0 N–H and O–H groups in total. The number of hydrogen-bond acceptors (Lipinski definition) is 4. The predicted octanol–water partition coefficient (Wildman–Crippen LogP) is -3.00. The Labute approximate surface area is 52.7 Å². The van der Waals surface area contributed by atoms with Crippen molar-refractivity contribution in [3.63, 3.8) is 0 Å². The Bertz CT molecular complexity index is 90.7. The third-order valence-electron chi connectivity index (χ3n) is 0. The molecular weight excluding hydrogens is 140 g/mol. The molecule has 4 nitrogen and oxygen atoms in total. The summed E-state index contributed by atoms with van der Waals surface area (Å²) in [6.45, 7) is 0. The molecule has 0 rings (SSSR count). The van der Waals surface area contributed by atoms with Crippen LogP contribution < -0.4 is 8.32 Å². The molecule has 0 radical (unpaired) electrons. The first kappa shape index (κ1) is 9.94. The van der Waals surface area contributed by atoms with Crippen molar-refractivity contribution in [2.75, 3.05) is 0 Å². The van der Waals surface area contributed by atoms with Crippen LogP contribution in [-0.4, -0.2) is 23.1 Å². The summed E-state index contributed by atoms with van der Waals surface area (Å²) in [7, 11) is 0. The van der Waals surface area contributed by atoms with Crippen molar-refractivity contribution in [3.8, 4) is 0 Å². The Hall–Kier alpha value is 0.819. The van der Waals surface area contributed by atoms with Crippen molar-refractivity contribution >= 4 is 23.1 Å². The Kier molecular flexibility index (Phi) is 4.82. The van der Waals surface area contributed by atoms with Crippen LogP contribution in [0.4, 0.5) is 0 Å². The summed E-state index contributed by atoms with van der Waals surface area (Å²) >= 11 is -5.75. The molecule has 0 atom stereocenters. The zero-order valence-corrected chi connectivity index (χ0v) is 5.44. The predicted molar refractivity (Wildman–Crippen MR) is 7.13 cm³/mol. The minimum absolute atomic E-state index is 0. The van der Waals surface area contributed by atoms with Crippen LogP contribution in [-0.2, 0) is 21.2 Å². The molecule has 0 saturated heterocycles. The summed E-state index contributed by atoms with van der Waals surface area (Å²) in [4.78, 5) is 0. The second-order valence-electron chi connectivity index (χ2n) is 0.408. The molecule has 0 heterocycles. The van der Waals surface area contributed by atoms with Crippen LogP contribution in [0.2, 0.25) is 0 Å². The van der Waals surface area contributed by atoms with E-state index in [0.717, 1.165) is 0 Å². The molecule has 0 bridgehead atoms. The normalized spacial score (nSPS) is 9.67. The standard InChI is InChI=1S/Cr.Mg.4O/q;+2;;;2*-1. The van der Waals surface area contributed by atoms with Gasteiger partial charge in [0.25, 0.3) is 0 Å². The number of rotatable bonds is 0. The van der Waals surface area contributed by atoms with Crippen LogP contribution in [0.3, 0.4) is 0 Å². The Morgan fingerprint density at radius 2 is 1.17 bits per heavy atom. The summed E-state index contributed by atoms with van der Waals surface area (Å²) in [5, 5.41) is 0. The second kappa shape index (κ2) is 2.91. The van der Waals surface area contributed by atoms with Crippen molar-refractivity contribution in [2.24, 2.45) is 0 Å². The fraction of sp³-hybridized carbons (Fsp3) is 0. The van der Waals surface area contributed by atoms with Gasteiger partial charge in [-0.3, -0.25) is 0 Å². The van der Waals surface area contributed by atoms with Crippen LogP contribution in [0.15, 0.2) is 0 Å². The van der Waals surface area contributed by atoms with Gasteiger partial charge in [-0.25, -0.2) is 0 Å². The van der Waals surface area contributed by atoms with Gasteiger partial charge >= 0.3 is 52.6 Å². The molecule has 0 aliphatic heterocycles. The van der Waals surface area contributed by atoms with E-state index in [2.05, 4.69) is 0 Å². The minimum atomic E-state index is -5.75. The molecule has 0 aromatic heterocycles.